The van der Waals surface area contributed by atoms with Gasteiger partial charge in [0.05, 0.1) is 17.5 Å². The average molecular weight is 319 g/mol. The number of furan rings is 1. The van der Waals surface area contributed by atoms with Crippen LogP contribution in [0, 0.1) is 6.92 Å². The molecule has 0 spiro atoms. The molecule has 0 aliphatic rings. The molecule has 0 amide bonds. The molecule has 3 rings (SSSR count). The molecule has 2 aromatic carbocycles. The molecule has 24 heavy (non-hydrogen) atoms. The Bertz CT molecular complexity index is 1010. The Balaban J connectivity index is 1.95. The number of hydrogen-bond acceptors (Lipinski definition) is 4. The number of allylic oxidation sites excluding steroid dienone is 1. The van der Waals surface area contributed by atoms with Crippen molar-refractivity contribution in [2.45, 2.75) is 6.92 Å². The molecule has 1 aromatic heterocycles. The number of azide groups is 1. The molecule has 3 aromatic rings. The maximum Gasteiger partial charge on any atom is 0.190 e. The van der Waals surface area contributed by atoms with Crippen LogP contribution in [0.5, 0.6) is 5.75 Å². The van der Waals surface area contributed by atoms with Gasteiger partial charge in [-0.1, -0.05) is 17.3 Å². The molecular weight excluding hydrogens is 306 g/mol. The van der Waals surface area contributed by atoms with Crippen LogP contribution < -0.4 is 0 Å². The summed E-state index contributed by atoms with van der Waals surface area (Å²) < 4.78 is 5.27. The van der Waals surface area contributed by atoms with E-state index in [2.05, 4.69) is 10.0 Å². The Kier molecular flexibility index (Phi) is 4.05. The first-order valence-electron chi connectivity index (χ1n) is 7.17. The summed E-state index contributed by atoms with van der Waals surface area (Å²) in [5, 5.41) is 14.4. The lowest BCUT2D eigenvalue weighted by Crippen LogP contribution is -1.96. The number of aryl methyl sites for hydroxylation is 1. The van der Waals surface area contributed by atoms with Crippen LogP contribution in [0.25, 0.3) is 27.5 Å². The van der Waals surface area contributed by atoms with Gasteiger partial charge in [-0.05, 0) is 60.0 Å². The molecule has 118 valence electrons. The fourth-order valence-electron chi connectivity index (χ4n) is 2.47. The van der Waals surface area contributed by atoms with E-state index in [1.165, 1.54) is 12.1 Å². The van der Waals surface area contributed by atoms with Crippen LogP contribution in [0.15, 0.2) is 58.3 Å². The monoisotopic (exact) mass is 319 g/mol. The van der Waals surface area contributed by atoms with Crippen LogP contribution in [0.3, 0.4) is 0 Å². The molecule has 0 saturated heterocycles. The van der Waals surface area contributed by atoms with Crippen LogP contribution in [-0.2, 0) is 0 Å². The zero-order chi connectivity index (χ0) is 17.1. The molecule has 0 unspecified atom stereocenters. The summed E-state index contributed by atoms with van der Waals surface area (Å²) in [6, 6.07) is 10.4. The molecule has 0 saturated carbocycles. The third-order valence-electron chi connectivity index (χ3n) is 3.54. The van der Waals surface area contributed by atoms with Crippen molar-refractivity contribution in [1.29, 1.82) is 0 Å². The normalized spacial score (nSPS) is 10.9. The predicted molar refractivity (Wildman–Crippen MR) is 91.2 cm³/mol. The van der Waals surface area contributed by atoms with Gasteiger partial charge in [0.2, 0.25) is 0 Å². The second kappa shape index (κ2) is 6.32. The quantitative estimate of drug-likeness (QED) is 0.232. The zero-order valence-corrected chi connectivity index (χ0v) is 12.8. The van der Waals surface area contributed by atoms with Crippen molar-refractivity contribution in [3.8, 4) is 5.75 Å². The first kappa shape index (κ1) is 15.4. The minimum atomic E-state index is -0.442. The molecule has 0 bridgehead atoms. The lowest BCUT2D eigenvalue weighted by molar-refractivity contribution is 0.104. The molecule has 0 atom stereocenters. The first-order valence-corrected chi connectivity index (χ1v) is 7.17. The number of carbonyl (C=O) groups is 1. The molecule has 1 N–H and O–H groups in total. The standard InChI is InChI=1S/C18H13N3O3/c1-11-8-14(20-21-19)18(16(23)9-11)15(22)4-2-12-3-5-17-13(10-12)6-7-24-17/h2-10,23H,1H3. The van der Waals surface area contributed by atoms with Gasteiger partial charge in [0.25, 0.3) is 0 Å². The topological polar surface area (TPSA) is 99.2 Å². The SMILES string of the molecule is Cc1cc(O)c(C(=O)C=Cc2ccc3occc3c2)c(N=[N+]=[N-])c1. The van der Waals surface area contributed by atoms with E-state index >= 15 is 0 Å². The van der Waals surface area contributed by atoms with Gasteiger partial charge in [-0.15, -0.1) is 0 Å². The summed E-state index contributed by atoms with van der Waals surface area (Å²) in [4.78, 5) is 15.1. The van der Waals surface area contributed by atoms with Gasteiger partial charge in [0.1, 0.15) is 11.3 Å². The Morgan fingerprint density at radius 1 is 1.29 bits per heavy atom. The third kappa shape index (κ3) is 2.99. The largest absolute Gasteiger partial charge is 0.507 e. The fourth-order valence-corrected chi connectivity index (χ4v) is 2.47. The van der Waals surface area contributed by atoms with Crippen LogP contribution >= 0.6 is 0 Å². The van der Waals surface area contributed by atoms with Crippen molar-refractivity contribution < 1.29 is 14.3 Å². The second-order valence-corrected chi connectivity index (χ2v) is 5.28. The van der Waals surface area contributed by atoms with Crippen molar-refractivity contribution in [1.82, 2.24) is 0 Å². The Morgan fingerprint density at radius 3 is 2.92 bits per heavy atom. The lowest BCUT2D eigenvalue weighted by atomic mass is 10.0. The van der Waals surface area contributed by atoms with Gasteiger partial charge in [-0.3, -0.25) is 4.79 Å². The smallest absolute Gasteiger partial charge is 0.190 e. The summed E-state index contributed by atoms with van der Waals surface area (Å²) >= 11 is 0. The number of phenolic OH excluding ortho intramolecular Hbond substituents is 1. The van der Waals surface area contributed by atoms with Crippen LogP contribution in [0.4, 0.5) is 5.69 Å². The Labute approximate surface area is 137 Å². The number of aromatic hydroxyl groups is 1. The fraction of sp³-hybridized carbons (Fsp3) is 0.0556. The van der Waals surface area contributed by atoms with Crippen LogP contribution in [-0.4, -0.2) is 10.9 Å². The third-order valence-corrected chi connectivity index (χ3v) is 3.54. The van der Waals surface area contributed by atoms with Gasteiger partial charge >= 0.3 is 0 Å². The summed E-state index contributed by atoms with van der Waals surface area (Å²) in [6.07, 6.45) is 4.57. The molecule has 6 nitrogen and oxygen atoms in total. The van der Waals surface area contributed by atoms with E-state index in [-0.39, 0.29) is 17.0 Å². The number of hydrogen-bond donors (Lipinski definition) is 1. The predicted octanol–water partition coefficient (Wildman–Crippen LogP) is 5.28. The summed E-state index contributed by atoms with van der Waals surface area (Å²) in [7, 11) is 0. The lowest BCUT2D eigenvalue weighted by Gasteiger charge is -2.06. The Hall–Kier alpha value is -3.50. The zero-order valence-electron chi connectivity index (χ0n) is 12.8. The van der Waals surface area contributed by atoms with Crippen molar-refractivity contribution in [2.24, 2.45) is 5.11 Å². The van der Waals surface area contributed by atoms with Gasteiger partial charge in [-0.25, -0.2) is 0 Å². The number of fused-ring (bicyclic) bond motifs is 1. The average Bonchev–Trinajstić information content (AvgIpc) is 3.00. The number of carbonyl (C=O) groups excluding carboxylic acids is 1. The highest BCUT2D eigenvalue weighted by Crippen LogP contribution is 2.31. The highest BCUT2D eigenvalue weighted by molar-refractivity contribution is 6.12. The molecule has 1 heterocycles. The number of phenols is 1. The van der Waals surface area contributed by atoms with Crippen molar-refractivity contribution in [3.05, 3.63) is 75.9 Å². The van der Waals surface area contributed by atoms with E-state index in [4.69, 9.17) is 9.95 Å². The maximum absolute atomic E-state index is 12.4. The van der Waals surface area contributed by atoms with Gasteiger partial charge in [0, 0.05) is 10.3 Å². The van der Waals surface area contributed by atoms with E-state index in [1.54, 1.807) is 25.3 Å². The number of benzene rings is 2. The van der Waals surface area contributed by atoms with Crippen molar-refractivity contribution >= 4 is 28.5 Å². The summed E-state index contributed by atoms with van der Waals surface area (Å²) in [5.74, 6) is -0.653. The van der Waals surface area contributed by atoms with Crippen molar-refractivity contribution in [3.63, 3.8) is 0 Å². The molecule has 0 radical (unpaired) electrons. The van der Waals surface area contributed by atoms with Gasteiger partial charge in [0.15, 0.2) is 5.78 Å². The molecule has 0 aliphatic carbocycles. The minimum absolute atomic E-state index is 0.0148. The summed E-state index contributed by atoms with van der Waals surface area (Å²) in [5.41, 5.74) is 11.0. The van der Waals surface area contributed by atoms with E-state index < -0.39 is 5.78 Å². The Morgan fingerprint density at radius 2 is 2.12 bits per heavy atom. The second-order valence-electron chi connectivity index (χ2n) is 5.28. The van der Waals surface area contributed by atoms with Gasteiger partial charge < -0.3 is 9.52 Å². The van der Waals surface area contributed by atoms with Crippen LogP contribution in [0.2, 0.25) is 0 Å². The molecular formula is C18H13N3O3. The molecule has 6 heteroatoms. The van der Waals surface area contributed by atoms with Gasteiger partial charge in [-0.2, -0.15) is 0 Å². The minimum Gasteiger partial charge on any atom is -0.507 e. The maximum atomic E-state index is 12.4. The highest BCUT2D eigenvalue weighted by Gasteiger charge is 2.14. The van der Waals surface area contributed by atoms with Crippen LogP contribution in [0.1, 0.15) is 21.5 Å². The molecule has 0 aliphatic heterocycles. The highest BCUT2D eigenvalue weighted by atomic mass is 16.3. The summed E-state index contributed by atoms with van der Waals surface area (Å²) in [6.45, 7) is 1.74. The number of nitrogens with zero attached hydrogens (tertiary/aromatic N) is 3. The number of rotatable bonds is 4. The number of ketones is 1. The van der Waals surface area contributed by atoms with E-state index in [1.807, 2.05) is 24.3 Å². The van der Waals surface area contributed by atoms with E-state index in [0.29, 0.717) is 5.56 Å². The van der Waals surface area contributed by atoms with E-state index in [9.17, 15) is 9.90 Å². The first-order chi connectivity index (χ1) is 11.6. The molecule has 0 fully saturated rings. The van der Waals surface area contributed by atoms with E-state index in [0.717, 1.165) is 16.5 Å². The van der Waals surface area contributed by atoms with Crippen molar-refractivity contribution in [2.75, 3.05) is 0 Å².